The quantitative estimate of drug-likeness (QED) is 0.750. The minimum atomic E-state index is -1.30. The van der Waals surface area contributed by atoms with Gasteiger partial charge in [0.25, 0.3) is 0 Å². The van der Waals surface area contributed by atoms with Gasteiger partial charge in [0.1, 0.15) is 0 Å². The smallest absolute Gasteiger partial charge is 0.177 e. The largest absolute Gasteiger partial charge is 0.394 e. The molecule has 1 rings (SSSR count). The Bertz CT molecular complexity index is 232. The fourth-order valence-electron chi connectivity index (χ4n) is 1.67. The summed E-state index contributed by atoms with van der Waals surface area (Å²) in [6.45, 7) is 9.59. The summed E-state index contributed by atoms with van der Waals surface area (Å²) in [5.41, 5.74) is 0. The van der Waals surface area contributed by atoms with Crippen molar-refractivity contribution in [2.24, 2.45) is 0 Å². The van der Waals surface area contributed by atoms with Crippen molar-refractivity contribution in [3.63, 3.8) is 0 Å². The summed E-state index contributed by atoms with van der Waals surface area (Å²) in [7, 11) is -1.30. The molecule has 0 aromatic rings. The third-order valence-corrected chi connectivity index (χ3v) is 4.91. The van der Waals surface area contributed by atoms with Gasteiger partial charge in [0.15, 0.2) is 6.29 Å². The second kappa shape index (κ2) is 5.25. The summed E-state index contributed by atoms with van der Waals surface area (Å²) in [6.07, 6.45) is 2.61. The summed E-state index contributed by atoms with van der Waals surface area (Å²) < 4.78 is 11.0. The highest BCUT2D eigenvalue weighted by atomic mass is 28.3. The van der Waals surface area contributed by atoms with Crippen LogP contribution in [0.2, 0.25) is 19.6 Å². The van der Waals surface area contributed by atoms with E-state index in [1.807, 2.05) is 6.92 Å². The zero-order chi connectivity index (χ0) is 11.5. The molecule has 0 fully saturated rings. The van der Waals surface area contributed by atoms with Crippen LogP contribution in [-0.4, -0.2) is 38.8 Å². The highest BCUT2D eigenvalue weighted by Crippen LogP contribution is 2.27. The SMILES string of the molecule is CCO[C@@H]1C=C([Si](C)(C)C)C[C@@H](CO)O1. The molecule has 0 aromatic heterocycles. The van der Waals surface area contributed by atoms with Crippen molar-refractivity contribution in [1.29, 1.82) is 0 Å². The van der Waals surface area contributed by atoms with Crippen LogP contribution in [0.25, 0.3) is 0 Å². The lowest BCUT2D eigenvalue weighted by Crippen LogP contribution is -2.37. The van der Waals surface area contributed by atoms with Crippen LogP contribution in [-0.2, 0) is 9.47 Å². The number of rotatable bonds is 4. The van der Waals surface area contributed by atoms with Gasteiger partial charge in [-0.3, -0.25) is 0 Å². The van der Waals surface area contributed by atoms with Crippen LogP contribution in [0.4, 0.5) is 0 Å². The minimum absolute atomic E-state index is 0.0748. The van der Waals surface area contributed by atoms with Gasteiger partial charge in [0, 0.05) is 6.61 Å². The predicted octanol–water partition coefficient (Wildman–Crippen LogP) is 1.93. The molecule has 0 bridgehead atoms. The Balaban J connectivity index is 2.76. The highest BCUT2D eigenvalue weighted by Gasteiger charge is 2.29. The molecule has 1 aliphatic heterocycles. The number of ether oxygens (including phenoxy) is 2. The third kappa shape index (κ3) is 3.72. The first-order valence-electron chi connectivity index (χ1n) is 5.56. The highest BCUT2D eigenvalue weighted by molar-refractivity contribution is 6.83. The van der Waals surface area contributed by atoms with Gasteiger partial charge < -0.3 is 14.6 Å². The maximum Gasteiger partial charge on any atom is 0.177 e. The first-order chi connectivity index (χ1) is 6.97. The average molecular weight is 230 g/mol. The monoisotopic (exact) mass is 230 g/mol. The van der Waals surface area contributed by atoms with Gasteiger partial charge in [-0.2, -0.15) is 0 Å². The number of aliphatic hydroxyl groups excluding tert-OH is 1. The van der Waals surface area contributed by atoms with Crippen molar-refractivity contribution in [2.75, 3.05) is 13.2 Å². The van der Waals surface area contributed by atoms with Crippen LogP contribution in [0.5, 0.6) is 0 Å². The molecule has 0 aliphatic carbocycles. The first kappa shape index (κ1) is 12.9. The number of hydrogen-bond acceptors (Lipinski definition) is 3. The summed E-state index contributed by atoms with van der Waals surface area (Å²) in [6, 6.07) is 0. The fraction of sp³-hybridized carbons (Fsp3) is 0.818. The Morgan fingerprint density at radius 3 is 2.67 bits per heavy atom. The van der Waals surface area contributed by atoms with Crippen molar-refractivity contribution in [1.82, 2.24) is 0 Å². The summed E-state index contributed by atoms with van der Waals surface area (Å²) in [5.74, 6) is 0. The van der Waals surface area contributed by atoms with Crippen molar-refractivity contribution in [3.8, 4) is 0 Å². The van der Waals surface area contributed by atoms with E-state index in [1.54, 1.807) is 0 Å². The second-order valence-corrected chi connectivity index (χ2v) is 10.1. The van der Waals surface area contributed by atoms with Gasteiger partial charge in [-0.1, -0.05) is 24.8 Å². The van der Waals surface area contributed by atoms with Crippen LogP contribution >= 0.6 is 0 Å². The van der Waals surface area contributed by atoms with Crippen LogP contribution < -0.4 is 0 Å². The maximum absolute atomic E-state index is 9.17. The van der Waals surface area contributed by atoms with E-state index in [0.717, 1.165) is 6.42 Å². The van der Waals surface area contributed by atoms with E-state index < -0.39 is 8.07 Å². The van der Waals surface area contributed by atoms with Crippen molar-refractivity contribution in [2.45, 2.75) is 45.4 Å². The zero-order valence-corrected chi connectivity index (χ0v) is 11.1. The third-order valence-electron chi connectivity index (χ3n) is 2.61. The number of aliphatic hydroxyl groups is 1. The Labute approximate surface area is 93.1 Å². The molecule has 15 heavy (non-hydrogen) atoms. The van der Waals surface area contributed by atoms with Crippen molar-refractivity contribution in [3.05, 3.63) is 11.3 Å². The molecule has 0 spiro atoms. The maximum atomic E-state index is 9.17. The molecule has 1 heterocycles. The Morgan fingerprint density at radius 2 is 2.20 bits per heavy atom. The molecule has 0 unspecified atom stereocenters. The molecule has 0 saturated heterocycles. The van der Waals surface area contributed by atoms with Gasteiger partial charge in [-0.15, -0.1) is 0 Å². The van der Waals surface area contributed by atoms with E-state index in [1.165, 1.54) is 5.20 Å². The van der Waals surface area contributed by atoms with E-state index in [4.69, 9.17) is 14.6 Å². The first-order valence-corrected chi connectivity index (χ1v) is 9.06. The van der Waals surface area contributed by atoms with Gasteiger partial charge >= 0.3 is 0 Å². The van der Waals surface area contributed by atoms with Crippen LogP contribution in [0, 0.1) is 0 Å². The molecule has 1 aliphatic rings. The lowest BCUT2D eigenvalue weighted by molar-refractivity contribution is -0.154. The second-order valence-electron chi connectivity index (χ2n) is 4.91. The van der Waals surface area contributed by atoms with Crippen molar-refractivity contribution >= 4 is 8.07 Å². The number of hydrogen-bond donors (Lipinski definition) is 1. The normalized spacial score (nSPS) is 27.7. The predicted molar refractivity (Wildman–Crippen MR) is 63.4 cm³/mol. The van der Waals surface area contributed by atoms with Crippen molar-refractivity contribution < 1.29 is 14.6 Å². The lowest BCUT2D eigenvalue weighted by atomic mass is 10.2. The van der Waals surface area contributed by atoms with E-state index in [9.17, 15) is 0 Å². The molecule has 88 valence electrons. The standard InChI is InChI=1S/C11H22O3Si/c1-5-13-11-7-10(15(2,3)4)6-9(8-12)14-11/h7,9,11-12H,5-6,8H2,1-4H3/t9-,11-/m0/s1. The molecular formula is C11H22O3Si. The Morgan fingerprint density at radius 1 is 1.53 bits per heavy atom. The topological polar surface area (TPSA) is 38.7 Å². The Hall–Kier alpha value is -0.163. The van der Waals surface area contributed by atoms with E-state index >= 15 is 0 Å². The summed E-state index contributed by atoms with van der Waals surface area (Å²) >= 11 is 0. The fourth-order valence-corrected chi connectivity index (χ4v) is 3.15. The van der Waals surface area contributed by atoms with Gasteiger partial charge in [-0.05, 0) is 19.4 Å². The van der Waals surface area contributed by atoms with Gasteiger partial charge in [0.2, 0.25) is 0 Å². The molecule has 1 N–H and O–H groups in total. The molecular weight excluding hydrogens is 208 g/mol. The van der Waals surface area contributed by atoms with Gasteiger partial charge in [-0.25, -0.2) is 0 Å². The molecule has 4 heteroatoms. The average Bonchev–Trinajstić information content (AvgIpc) is 2.16. The van der Waals surface area contributed by atoms with Crippen LogP contribution in [0.15, 0.2) is 11.3 Å². The summed E-state index contributed by atoms with van der Waals surface area (Å²) in [4.78, 5) is 0. The van der Waals surface area contributed by atoms with E-state index in [0.29, 0.717) is 6.61 Å². The molecule has 2 atom stereocenters. The Kier molecular flexibility index (Phi) is 4.52. The van der Waals surface area contributed by atoms with Gasteiger partial charge in [0.05, 0.1) is 20.8 Å². The zero-order valence-electron chi connectivity index (χ0n) is 10.1. The molecule has 0 radical (unpaired) electrons. The molecule has 3 nitrogen and oxygen atoms in total. The molecule has 0 saturated carbocycles. The van der Waals surface area contributed by atoms with Crippen LogP contribution in [0.1, 0.15) is 13.3 Å². The van der Waals surface area contributed by atoms with Crippen LogP contribution in [0.3, 0.4) is 0 Å². The van der Waals surface area contributed by atoms with E-state index in [-0.39, 0.29) is 19.0 Å². The van der Waals surface area contributed by atoms with E-state index in [2.05, 4.69) is 25.7 Å². The molecule has 0 aromatic carbocycles. The minimum Gasteiger partial charge on any atom is -0.394 e. The summed E-state index contributed by atoms with van der Waals surface area (Å²) in [5, 5.41) is 10.6. The lowest BCUT2D eigenvalue weighted by Gasteiger charge is -2.33. The molecule has 0 amide bonds.